The summed E-state index contributed by atoms with van der Waals surface area (Å²) in [6, 6.07) is 5.91. The number of carbonyl (C=O) groups is 2. The van der Waals surface area contributed by atoms with E-state index in [0.29, 0.717) is 12.1 Å². The first-order valence-electron chi connectivity index (χ1n) is 7.62. The predicted octanol–water partition coefficient (Wildman–Crippen LogP) is 1.87. The Morgan fingerprint density at radius 3 is 2.80 bits per heavy atom. The van der Waals surface area contributed by atoms with E-state index < -0.39 is 24.9 Å². The van der Waals surface area contributed by atoms with Gasteiger partial charge < -0.3 is 19.5 Å². The summed E-state index contributed by atoms with van der Waals surface area (Å²) in [4.78, 5) is 24.6. The fraction of sp³-hybridized carbons (Fsp3) is 0.500. The first-order chi connectivity index (χ1) is 11.7. The molecule has 0 aliphatic carbocycles. The van der Waals surface area contributed by atoms with E-state index in [2.05, 4.69) is 4.74 Å². The molecule has 1 unspecified atom stereocenters. The summed E-state index contributed by atoms with van der Waals surface area (Å²) < 4.78 is 46.5. The Morgan fingerprint density at radius 1 is 1.36 bits per heavy atom. The van der Waals surface area contributed by atoms with Gasteiger partial charge in [0.2, 0.25) is 5.91 Å². The second-order valence-corrected chi connectivity index (χ2v) is 5.66. The maximum Gasteiger partial charge on any atom is 0.422 e. The van der Waals surface area contributed by atoms with Crippen molar-refractivity contribution in [1.29, 1.82) is 0 Å². The molecule has 1 amide bonds. The molecule has 1 N–H and O–H groups in total. The molecule has 0 aromatic heterocycles. The number of hydrogen-bond donors (Lipinski definition) is 1. The molecule has 1 atom stereocenters. The highest BCUT2D eigenvalue weighted by molar-refractivity contribution is 5.79. The van der Waals surface area contributed by atoms with E-state index in [-0.39, 0.29) is 37.6 Å². The molecule has 0 saturated carbocycles. The molecule has 25 heavy (non-hydrogen) atoms. The number of halogens is 3. The summed E-state index contributed by atoms with van der Waals surface area (Å²) in [5, 5.41) is 8.79. The highest BCUT2D eigenvalue weighted by Gasteiger charge is 2.29. The van der Waals surface area contributed by atoms with Crippen molar-refractivity contribution in [3.05, 3.63) is 29.8 Å². The predicted molar refractivity (Wildman–Crippen MR) is 80.3 cm³/mol. The monoisotopic (exact) mass is 361 g/mol. The number of carboxylic acids is 1. The van der Waals surface area contributed by atoms with Gasteiger partial charge in [-0.1, -0.05) is 12.1 Å². The number of alkyl halides is 3. The summed E-state index contributed by atoms with van der Waals surface area (Å²) in [6.45, 7) is -0.627. The van der Waals surface area contributed by atoms with Crippen LogP contribution in [0, 0.1) is 0 Å². The molecule has 1 fully saturated rings. The van der Waals surface area contributed by atoms with Crippen LogP contribution in [0.4, 0.5) is 13.2 Å². The van der Waals surface area contributed by atoms with Gasteiger partial charge in [0.15, 0.2) is 6.61 Å². The van der Waals surface area contributed by atoms with Crippen molar-refractivity contribution >= 4 is 11.9 Å². The number of rotatable bonds is 6. The zero-order chi connectivity index (χ0) is 18.4. The van der Waals surface area contributed by atoms with Gasteiger partial charge in [0.25, 0.3) is 0 Å². The van der Waals surface area contributed by atoms with Crippen LogP contribution < -0.4 is 4.74 Å². The van der Waals surface area contributed by atoms with Crippen molar-refractivity contribution in [2.45, 2.75) is 25.1 Å². The molecule has 2 rings (SSSR count). The van der Waals surface area contributed by atoms with Gasteiger partial charge in [0.1, 0.15) is 5.75 Å². The van der Waals surface area contributed by atoms with Crippen LogP contribution >= 0.6 is 0 Å². The van der Waals surface area contributed by atoms with E-state index in [4.69, 9.17) is 9.84 Å². The Bertz CT molecular complexity index is 620. The van der Waals surface area contributed by atoms with Crippen LogP contribution in [0.3, 0.4) is 0 Å². The van der Waals surface area contributed by atoms with Gasteiger partial charge >= 0.3 is 12.1 Å². The summed E-state index contributed by atoms with van der Waals surface area (Å²) in [6.07, 6.45) is -5.19. The Kier molecular flexibility index (Phi) is 6.24. The van der Waals surface area contributed by atoms with Crippen LogP contribution in [-0.4, -0.2) is 60.5 Å². The standard InChI is InChI=1S/C16H18F3NO5/c17-16(18,19)10-25-12-3-1-2-11(6-12)7-14(21)20-4-5-24-13(9-20)8-15(22)23/h1-3,6,13H,4-5,7-10H2,(H,22,23). The molecule has 0 radical (unpaired) electrons. The van der Waals surface area contributed by atoms with Crippen molar-refractivity contribution in [3.8, 4) is 5.75 Å². The smallest absolute Gasteiger partial charge is 0.422 e. The van der Waals surface area contributed by atoms with E-state index in [0.717, 1.165) is 0 Å². The zero-order valence-electron chi connectivity index (χ0n) is 13.3. The first-order valence-corrected chi connectivity index (χ1v) is 7.62. The molecular formula is C16H18F3NO5. The Hall–Kier alpha value is -2.29. The Morgan fingerprint density at radius 2 is 2.12 bits per heavy atom. The summed E-state index contributed by atoms with van der Waals surface area (Å²) >= 11 is 0. The average Bonchev–Trinajstić information content (AvgIpc) is 2.52. The van der Waals surface area contributed by atoms with Crippen molar-refractivity contribution in [1.82, 2.24) is 4.90 Å². The van der Waals surface area contributed by atoms with Crippen LogP contribution in [-0.2, 0) is 20.7 Å². The van der Waals surface area contributed by atoms with Crippen molar-refractivity contribution < 1.29 is 37.3 Å². The zero-order valence-corrected chi connectivity index (χ0v) is 13.3. The van der Waals surface area contributed by atoms with Crippen molar-refractivity contribution in [2.75, 3.05) is 26.3 Å². The number of aliphatic carboxylic acids is 1. The topological polar surface area (TPSA) is 76.1 Å². The minimum Gasteiger partial charge on any atom is -0.484 e. The second kappa shape index (κ2) is 8.19. The van der Waals surface area contributed by atoms with E-state index in [1.807, 2.05) is 0 Å². The van der Waals surface area contributed by atoms with Gasteiger partial charge in [-0.05, 0) is 17.7 Å². The summed E-state index contributed by atoms with van der Waals surface area (Å²) in [7, 11) is 0. The SMILES string of the molecule is O=C(O)CC1CN(C(=O)Cc2cccc(OCC(F)(F)F)c2)CCO1. The quantitative estimate of drug-likeness (QED) is 0.837. The van der Waals surface area contributed by atoms with Crippen molar-refractivity contribution in [3.63, 3.8) is 0 Å². The lowest BCUT2D eigenvalue weighted by atomic mass is 10.1. The minimum absolute atomic E-state index is 0.0109. The molecular weight excluding hydrogens is 343 g/mol. The summed E-state index contributed by atoms with van der Waals surface area (Å²) in [5.74, 6) is -1.21. The number of nitrogens with zero attached hydrogens (tertiary/aromatic N) is 1. The van der Waals surface area contributed by atoms with E-state index in [1.165, 1.54) is 23.1 Å². The lowest BCUT2D eigenvalue weighted by Crippen LogP contribution is -2.46. The third kappa shape index (κ3) is 6.61. The number of ether oxygens (including phenoxy) is 2. The highest BCUT2D eigenvalue weighted by Crippen LogP contribution is 2.20. The van der Waals surface area contributed by atoms with E-state index >= 15 is 0 Å². The van der Waals surface area contributed by atoms with Crippen molar-refractivity contribution in [2.24, 2.45) is 0 Å². The normalized spacial score (nSPS) is 18.0. The highest BCUT2D eigenvalue weighted by atomic mass is 19.4. The van der Waals surface area contributed by atoms with Gasteiger partial charge in [0, 0.05) is 13.1 Å². The molecule has 1 aromatic rings. The molecule has 9 heteroatoms. The van der Waals surface area contributed by atoms with Gasteiger partial charge in [-0.25, -0.2) is 0 Å². The van der Waals surface area contributed by atoms with Gasteiger partial charge in [-0.3, -0.25) is 9.59 Å². The van der Waals surface area contributed by atoms with Crippen LogP contribution in [0.25, 0.3) is 0 Å². The number of hydrogen-bond acceptors (Lipinski definition) is 4. The molecule has 1 heterocycles. The molecule has 6 nitrogen and oxygen atoms in total. The first kappa shape index (κ1) is 19.0. The molecule has 1 saturated heterocycles. The average molecular weight is 361 g/mol. The number of benzene rings is 1. The molecule has 1 aromatic carbocycles. The van der Waals surface area contributed by atoms with Crippen LogP contribution in [0.5, 0.6) is 5.75 Å². The maximum absolute atomic E-state index is 12.3. The third-order valence-electron chi connectivity index (χ3n) is 3.55. The minimum atomic E-state index is -4.43. The Labute approximate surface area is 142 Å². The lowest BCUT2D eigenvalue weighted by molar-refractivity contribution is -0.153. The number of carboxylic acid groups (broad SMARTS) is 1. The largest absolute Gasteiger partial charge is 0.484 e. The fourth-order valence-corrected chi connectivity index (χ4v) is 2.46. The van der Waals surface area contributed by atoms with E-state index in [1.54, 1.807) is 6.07 Å². The van der Waals surface area contributed by atoms with E-state index in [9.17, 15) is 22.8 Å². The van der Waals surface area contributed by atoms with Crippen LogP contribution in [0.1, 0.15) is 12.0 Å². The third-order valence-corrected chi connectivity index (χ3v) is 3.55. The van der Waals surface area contributed by atoms with Gasteiger partial charge in [0.05, 0.1) is 25.6 Å². The molecule has 0 spiro atoms. The van der Waals surface area contributed by atoms with Crippen LogP contribution in [0.15, 0.2) is 24.3 Å². The molecule has 1 aliphatic rings. The lowest BCUT2D eigenvalue weighted by Gasteiger charge is -2.32. The number of morpholine rings is 1. The summed E-state index contributed by atoms with van der Waals surface area (Å²) in [5.41, 5.74) is 0.519. The molecule has 138 valence electrons. The molecule has 1 aliphatic heterocycles. The van der Waals surface area contributed by atoms with Gasteiger partial charge in [-0.2, -0.15) is 13.2 Å². The number of carbonyl (C=O) groups excluding carboxylic acids is 1. The fourth-order valence-electron chi connectivity index (χ4n) is 2.46. The number of amides is 1. The molecule has 0 bridgehead atoms. The van der Waals surface area contributed by atoms with Gasteiger partial charge in [-0.15, -0.1) is 0 Å². The Balaban J connectivity index is 1.92. The van der Waals surface area contributed by atoms with Crippen LogP contribution in [0.2, 0.25) is 0 Å². The second-order valence-electron chi connectivity index (χ2n) is 5.66. The maximum atomic E-state index is 12.3.